The summed E-state index contributed by atoms with van der Waals surface area (Å²) in [4.78, 5) is 34.2. The van der Waals surface area contributed by atoms with Crippen LogP contribution in [0.1, 0.15) is 45.4 Å². The van der Waals surface area contributed by atoms with Crippen molar-refractivity contribution in [1.82, 2.24) is 10.6 Å². The third-order valence-electron chi connectivity index (χ3n) is 3.93. The van der Waals surface area contributed by atoms with E-state index < -0.39 is 11.6 Å². The highest BCUT2D eigenvalue weighted by Gasteiger charge is 2.50. The van der Waals surface area contributed by atoms with Crippen LogP contribution in [0, 0.1) is 5.92 Å². The summed E-state index contributed by atoms with van der Waals surface area (Å²) in [6.45, 7) is 2.21. The molecule has 0 aromatic heterocycles. The number of carbonyl (C=O) groups is 3. The standard InChI is InChI=1S/C13H20N2O4/c1-2-19-10(16)5-3-4-9-6-7-13(8-9)11(17)14-12(18)15-13/h9H,2-8H2,1H3,(H2,14,15,17,18). The maximum Gasteiger partial charge on any atom is 0.322 e. The molecule has 0 radical (unpaired) electrons. The highest BCUT2D eigenvalue weighted by atomic mass is 16.5. The molecule has 1 saturated carbocycles. The van der Waals surface area contributed by atoms with Crippen molar-refractivity contribution in [1.29, 1.82) is 0 Å². The summed E-state index contributed by atoms with van der Waals surface area (Å²) in [5.41, 5.74) is -0.689. The quantitative estimate of drug-likeness (QED) is 0.577. The van der Waals surface area contributed by atoms with Gasteiger partial charge in [0.15, 0.2) is 0 Å². The van der Waals surface area contributed by atoms with Gasteiger partial charge in [0, 0.05) is 6.42 Å². The molecule has 1 saturated heterocycles. The van der Waals surface area contributed by atoms with Crippen molar-refractivity contribution in [2.45, 2.75) is 51.0 Å². The van der Waals surface area contributed by atoms with E-state index >= 15 is 0 Å². The molecule has 0 aromatic rings. The zero-order valence-corrected chi connectivity index (χ0v) is 11.2. The second-order valence-corrected chi connectivity index (χ2v) is 5.30. The normalized spacial score (nSPS) is 29.4. The minimum Gasteiger partial charge on any atom is -0.466 e. The lowest BCUT2D eigenvalue weighted by Gasteiger charge is -2.19. The molecule has 2 N–H and O–H groups in total. The third-order valence-corrected chi connectivity index (χ3v) is 3.93. The number of hydrogen-bond donors (Lipinski definition) is 2. The molecule has 2 rings (SSSR count). The Kier molecular flexibility index (Phi) is 4.07. The van der Waals surface area contributed by atoms with Crippen LogP contribution in [0.25, 0.3) is 0 Å². The SMILES string of the molecule is CCOC(=O)CCCC1CCC2(C1)NC(=O)NC2=O. The molecule has 2 aliphatic rings. The predicted molar refractivity (Wildman–Crippen MR) is 67.2 cm³/mol. The van der Waals surface area contributed by atoms with Crippen LogP contribution in [-0.2, 0) is 14.3 Å². The zero-order chi connectivity index (χ0) is 13.9. The van der Waals surface area contributed by atoms with Gasteiger partial charge in [-0.25, -0.2) is 4.79 Å². The van der Waals surface area contributed by atoms with E-state index in [9.17, 15) is 14.4 Å². The van der Waals surface area contributed by atoms with Crippen molar-refractivity contribution < 1.29 is 19.1 Å². The predicted octanol–water partition coefficient (Wildman–Crippen LogP) is 1.10. The molecule has 2 atom stereocenters. The second kappa shape index (κ2) is 5.59. The molecular formula is C13H20N2O4. The van der Waals surface area contributed by atoms with Crippen LogP contribution in [-0.4, -0.2) is 30.1 Å². The molecule has 6 heteroatoms. The third kappa shape index (κ3) is 3.05. The summed E-state index contributed by atoms with van der Waals surface area (Å²) in [6.07, 6.45) is 4.37. The molecule has 1 aliphatic heterocycles. The van der Waals surface area contributed by atoms with Crippen LogP contribution in [0.15, 0.2) is 0 Å². The van der Waals surface area contributed by atoms with Gasteiger partial charge in [0.25, 0.3) is 5.91 Å². The first-order valence-electron chi connectivity index (χ1n) is 6.85. The minimum absolute atomic E-state index is 0.165. The summed E-state index contributed by atoms with van der Waals surface area (Å²) in [5, 5.41) is 5.04. The van der Waals surface area contributed by atoms with Gasteiger partial charge in [0.1, 0.15) is 5.54 Å². The summed E-state index contributed by atoms with van der Waals surface area (Å²) in [5.74, 6) is 0.0195. The minimum atomic E-state index is -0.689. The summed E-state index contributed by atoms with van der Waals surface area (Å²) < 4.78 is 4.87. The summed E-state index contributed by atoms with van der Waals surface area (Å²) in [7, 11) is 0. The van der Waals surface area contributed by atoms with E-state index in [2.05, 4.69) is 10.6 Å². The molecule has 19 heavy (non-hydrogen) atoms. The van der Waals surface area contributed by atoms with Crippen LogP contribution >= 0.6 is 0 Å². The number of rotatable bonds is 5. The highest BCUT2D eigenvalue weighted by molar-refractivity contribution is 6.07. The number of imide groups is 1. The smallest absolute Gasteiger partial charge is 0.322 e. The van der Waals surface area contributed by atoms with Gasteiger partial charge >= 0.3 is 12.0 Å². The molecule has 106 valence electrons. The maximum absolute atomic E-state index is 11.8. The van der Waals surface area contributed by atoms with Gasteiger partial charge in [0.05, 0.1) is 6.61 Å². The maximum atomic E-state index is 11.8. The fourth-order valence-electron chi connectivity index (χ4n) is 3.01. The van der Waals surface area contributed by atoms with Crippen molar-refractivity contribution in [2.24, 2.45) is 5.92 Å². The molecule has 2 fully saturated rings. The first-order chi connectivity index (χ1) is 9.05. The highest BCUT2D eigenvalue weighted by Crippen LogP contribution is 2.38. The number of nitrogens with one attached hydrogen (secondary N) is 2. The van der Waals surface area contributed by atoms with Crippen LogP contribution in [0.3, 0.4) is 0 Å². The monoisotopic (exact) mass is 268 g/mol. The molecule has 1 heterocycles. The van der Waals surface area contributed by atoms with Crippen molar-refractivity contribution >= 4 is 17.9 Å². The van der Waals surface area contributed by atoms with Crippen LogP contribution < -0.4 is 10.6 Å². The zero-order valence-electron chi connectivity index (χ0n) is 11.2. The summed E-state index contributed by atoms with van der Waals surface area (Å²) in [6, 6.07) is -0.392. The van der Waals surface area contributed by atoms with Gasteiger partial charge in [-0.3, -0.25) is 14.9 Å². The van der Waals surface area contributed by atoms with E-state index in [-0.39, 0.29) is 11.9 Å². The average molecular weight is 268 g/mol. The lowest BCUT2D eigenvalue weighted by Crippen LogP contribution is -2.44. The summed E-state index contributed by atoms with van der Waals surface area (Å²) >= 11 is 0. The largest absolute Gasteiger partial charge is 0.466 e. The first-order valence-corrected chi connectivity index (χ1v) is 6.85. The van der Waals surface area contributed by atoms with E-state index in [1.165, 1.54) is 0 Å². The Hall–Kier alpha value is -1.59. The van der Waals surface area contributed by atoms with E-state index in [1.54, 1.807) is 6.92 Å². The molecule has 0 bridgehead atoms. The fraction of sp³-hybridized carbons (Fsp3) is 0.769. The molecule has 1 spiro atoms. The molecule has 1 aliphatic carbocycles. The Morgan fingerprint density at radius 2 is 2.26 bits per heavy atom. The number of urea groups is 1. The molecular weight excluding hydrogens is 248 g/mol. The van der Waals surface area contributed by atoms with Crippen molar-refractivity contribution in [2.75, 3.05) is 6.61 Å². The van der Waals surface area contributed by atoms with E-state index in [0.29, 0.717) is 31.8 Å². The molecule has 6 nitrogen and oxygen atoms in total. The second-order valence-electron chi connectivity index (χ2n) is 5.30. The molecule has 0 aromatic carbocycles. The van der Waals surface area contributed by atoms with Crippen LogP contribution in [0.2, 0.25) is 0 Å². The number of carbonyl (C=O) groups excluding carboxylic acids is 3. The molecule has 3 amide bonds. The Bertz CT molecular complexity index is 396. The number of hydrogen-bond acceptors (Lipinski definition) is 4. The van der Waals surface area contributed by atoms with Crippen molar-refractivity contribution in [3.8, 4) is 0 Å². The average Bonchev–Trinajstić information content (AvgIpc) is 2.85. The van der Waals surface area contributed by atoms with Gasteiger partial charge < -0.3 is 10.1 Å². The lowest BCUT2D eigenvalue weighted by molar-refractivity contribution is -0.143. The first kappa shape index (κ1) is 13.8. The number of esters is 1. The fourth-order valence-corrected chi connectivity index (χ4v) is 3.01. The van der Waals surface area contributed by atoms with Gasteiger partial charge in [-0.2, -0.15) is 0 Å². The van der Waals surface area contributed by atoms with Crippen LogP contribution in [0.4, 0.5) is 4.79 Å². The van der Waals surface area contributed by atoms with E-state index in [4.69, 9.17) is 4.74 Å². The Morgan fingerprint density at radius 1 is 1.47 bits per heavy atom. The molecule has 2 unspecified atom stereocenters. The Balaban J connectivity index is 1.75. The van der Waals surface area contributed by atoms with Crippen LogP contribution in [0.5, 0.6) is 0 Å². The number of amides is 3. The topological polar surface area (TPSA) is 84.5 Å². The Labute approximate surface area is 112 Å². The lowest BCUT2D eigenvalue weighted by atomic mass is 9.94. The van der Waals surface area contributed by atoms with Gasteiger partial charge in [-0.15, -0.1) is 0 Å². The van der Waals surface area contributed by atoms with E-state index in [1.807, 2.05) is 0 Å². The van der Waals surface area contributed by atoms with E-state index in [0.717, 1.165) is 19.3 Å². The van der Waals surface area contributed by atoms with Crippen molar-refractivity contribution in [3.05, 3.63) is 0 Å². The number of ether oxygens (including phenoxy) is 1. The van der Waals surface area contributed by atoms with Gasteiger partial charge in [0.2, 0.25) is 0 Å². The Morgan fingerprint density at radius 3 is 2.89 bits per heavy atom. The van der Waals surface area contributed by atoms with Crippen molar-refractivity contribution in [3.63, 3.8) is 0 Å². The van der Waals surface area contributed by atoms with Gasteiger partial charge in [-0.1, -0.05) is 0 Å². The van der Waals surface area contributed by atoms with Gasteiger partial charge in [-0.05, 0) is 44.9 Å².